The van der Waals surface area contributed by atoms with Crippen LogP contribution in [0.4, 0.5) is 10.6 Å². The molecule has 1 aromatic heterocycles. The predicted octanol–water partition coefficient (Wildman–Crippen LogP) is 0.452. The predicted molar refractivity (Wildman–Crippen MR) is 75.9 cm³/mol. The number of nitrogens with zero attached hydrogens (tertiary/aromatic N) is 4. The van der Waals surface area contributed by atoms with Crippen LogP contribution in [0.15, 0.2) is 0 Å². The van der Waals surface area contributed by atoms with Crippen LogP contribution in [0.1, 0.15) is 25.1 Å². The minimum absolute atomic E-state index is 0.0986. The molecule has 20 heavy (non-hydrogen) atoms. The second-order valence-corrected chi connectivity index (χ2v) is 5.99. The zero-order valence-corrected chi connectivity index (χ0v) is 12.3. The van der Waals surface area contributed by atoms with Gasteiger partial charge in [0.1, 0.15) is 0 Å². The number of nitrogens with two attached hydrogens (primary N) is 1. The van der Waals surface area contributed by atoms with Crippen molar-refractivity contribution in [2.24, 2.45) is 0 Å². The van der Waals surface area contributed by atoms with Crippen molar-refractivity contribution in [3.8, 4) is 0 Å². The van der Waals surface area contributed by atoms with Gasteiger partial charge in [0.2, 0.25) is 0 Å². The third-order valence-corrected chi connectivity index (χ3v) is 4.50. The van der Waals surface area contributed by atoms with E-state index in [2.05, 4.69) is 36.0 Å². The lowest BCUT2D eigenvalue weighted by atomic mass is 10.1. The third kappa shape index (κ3) is 2.02. The zero-order valence-electron chi connectivity index (χ0n) is 12.3. The summed E-state index contributed by atoms with van der Waals surface area (Å²) in [5.74, 6) is 0.509. The van der Waals surface area contributed by atoms with E-state index in [9.17, 15) is 4.79 Å². The Morgan fingerprint density at radius 3 is 2.75 bits per heavy atom. The molecule has 3 heterocycles. The Balaban J connectivity index is 1.71. The van der Waals surface area contributed by atoms with E-state index in [0.29, 0.717) is 24.9 Å². The minimum Gasteiger partial charge on any atom is -0.382 e. The lowest BCUT2D eigenvalue weighted by molar-refractivity contribution is 0.0629. The number of carbonyl (C=O) groups is 1. The number of hydrogen-bond donors (Lipinski definition) is 2. The highest BCUT2D eigenvalue weighted by Crippen LogP contribution is 2.27. The topological polar surface area (TPSA) is 81.5 Å². The number of rotatable bonds is 0. The van der Waals surface area contributed by atoms with Gasteiger partial charge in [-0.3, -0.25) is 10.00 Å². The van der Waals surface area contributed by atoms with E-state index < -0.39 is 0 Å². The van der Waals surface area contributed by atoms with Crippen molar-refractivity contribution in [1.82, 2.24) is 24.9 Å². The van der Waals surface area contributed by atoms with Gasteiger partial charge >= 0.3 is 6.03 Å². The number of urea groups is 1. The normalized spacial score (nSPS) is 26.9. The molecular formula is C13H22N6O. The fraction of sp³-hybridized carbons (Fsp3) is 0.692. The molecule has 2 atom stereocenters. The first-order valence-corrected chi connectivity index (χ1v) is 7.04. The van der Waals surface area contributed by atoms with Crippen molar-refractivity contribution in [2.45, 2.75) is 39.0 Å². The maximum Gasteiger partial charge on any atom is 0.321 e. The number of H-pyrrole nitrogens is 1. The quantitative estimate of drug-likeness (QED) is 0.722. The summed E-state index contributed by atoms with van der Waals surface area (Å²) in [5.41, 5.74) is 7.73. The molecule has 110 valence electrons. The summed E-state index contributed by atoms with van der Waals surface area (Å²) >= 11 is 0. The minimum atomic E-state index is 0.0986. The molecule has 0 aromatic carbocycles. The van der Waals surface area contributed by atoms with Crippen LogP contribution in [0.3, 0.4) is 0 Å². The van der Waals surface area contributed by atoms with Gasteiger partial charge in [-0.05, 0) is 20.9 Å². The average Bonchev–Trinajstić information content (AvgIpc) is 2.96. The average molecular weight is 278 g/mol. The molecule has 0 saturated carbocycles. The van der Waals surface area contributed by atoms with E-state index in [1.807, 2.05) is 9.80 Å². The number of nitrogens with one attached hydrogen (secondary N) is 1. The van der Waals surface area contributed by atoms with Crippen molar-refractivity contribution in [3.63, 3.8) is 0 Å². The van der Waals surface area contributed by atoms with Crippen molar-refractivity contribution in [1.29, 1.82) is 0 Å². The van der Waals surface area contributed by atoms with Gasteiger partial charge < -0.3 is 15.5 Å². The highest BCUT2D eigenvalue weighted by molar-refractivity contribution is 5.76. The van der Waals surface area contributed by atoms with Gasteiger partial charge in [0.15, 0.2) is 5.82 Å². The summed E-state index contributed by atoms with van der Waals surface area (Å²) in [6.07, 6.45) is 0. The highest BCUT2D eigenvalue weighted by atomic mass is 16.2. The van der Waals surface area contributed by atoms with Crippen LogP contribution < -0.4 is 5.73 Å². The van der Waals surface area contributed by atoms with Crippen LogP contribution in [0, 0.1) is 0 Å². The van der Waals surface area contributed by atoms with Gasteiger partial charge in [-0.15, -0.1) is 0 Å². The maximum absolute atomic E-state index is 12.7. The molecule has 0 aliphatic carbocycles. The molecule has 2 amide bonds. The van der Waals surface area contributed by atoms with E-state index in [1.54, 1.807) is 0 Å². The number of hydrogen-bond acceptors (Lipinski definition) is 4. The smallest absolute Gasteiger partial charge is 0.321 e. The van der Waals surface area contributed by atoms with Crippen LogP contribution >= 0.6 is 0 Å². The van der Waals surface area contributed by atoms with Gasteiger partial charge in [0.05, 0.1) is 18.8 Å². The summed E-state index contributed by atoms with van der Waals surface area (Å²) in [5, 5.41) is 6.88. The molecule has 2 aliphatic heterocycles. The number of carbonyl (C=O) groups excluding carboxylic acids is 1. The molecule has 0 radical (unpaired) electrons. The highest BCUT2D eigenvalue weighted by Gasteiger charge is 2.35. The summed E-state index contributed by atoms with van der Waals surface area (Å²) in [6.45, 7) is 7.08. The summed E-state index contributed by atoms with van der Waals surface area (Å²) in [4.78, 5) is 18.8. The number of aromatic nitrogens is 2. The molecule has 0 spiro atoms. The molecule has 7 heteroatoms. The molecule has 2 aliphatic rings. The molecule has 7 nitrogen and oxygen atoms in total. The Kier molecular flexibility index (Phi) is 3.08. The summed E-state index contributed by atoms with van der Waals surface area (Å²) < 4.78 is 0. The molecular weight excluding hydrogens is 256 g/mol. The fourth-order valence-electron chi connectivity index (χ4n) is 3.04. The van der Waals surface area contributed by atoms with Crippen LogP contribution in [0.25, 0.3) is 0 Å². The standard InChI is InChI=1S/C13H22N6O/c1-8-5-19(9(2)4-17(8)3)13(20)18-6-10-11(7-18)15-16-12(10)14/h8-9H,4-7H2,1-3H3,(H3,14,15,16)/t8-,9+/m1/s1. The lowest BCUT2D eigenvalue weighted by Crippen LogP contribution is -2.58. The van der Waals surface area contributed by atoms with Crippen LogP contribution in [0.5, 0.6) is 0 Å². The SMILES string of the molecule is C[C@@H]1CN(C(=O)N2Cc3[nH]nc(N)c3C2)[C@@H](C)CN1C. The van der Waals surface area contributed by atoms with Gasteiger partial charge in [0, 0.05) is 30.7 Å². The van der Waals surface area contributed by atoms with Gasteiger partial charge in [0.25, 0.3) is 0 Å². The zero-order chi connectivity index (χ0) is 14.4. The third-order valence-electron chi connectivity index (χ3n) is 4.50. The van der Waals surface area contributed by atoms with E-state index in [4.69, 9.17) is 5.73 Å². The van der Waals surface area contributed by atoms with E-state index >= 15 is 0 Å². The monoisotopic (exact) mass is 278 g/mol. The Labute approximate surface area is 118 Å². The number of fused-ring (bicyclic) bond motifs is 1. The molecule has 1 aromatic rings. The molecule has 3 rings (SSSR count). The van der Waals surface area contributed by atoms with E-state index in [-0.39, 0.29) is 12.1 Å². The first-order valence-electron chi connectivity index (χ1n) is 7.04. The Bertz CT molecular complexity index is 527. The summed E-state index contributed by atoms with van der Waals surface area (Å²) in [7, 11) is 2.11. The van der Waals surface area contributed by atoms with Crippen molar-refractivity contribution >= 4 is 11.8 Å². The number of aromatic amines is 1. The van der Waals surface area contributed by atoms with Crippen molar-refractivity contribution in [2.75, 3.05) is 25.9 Å². The largest absolute Gasteiger partial charge is 0.382 e. The van der Waals surface area contributed by atoms with Gasteiger partial charge in [-0.1, -0.05) is 0 Å². The number of nitrogen functional groups attached to an aromatic ring is 1. The second-order valence-electron chi connectivity index (χ2n) is 5.99. The fourth-order valence-corrected chi connectivity index (χ4v) is 3.04. The van der Waals surface area contributed by atoms with Crippen LogP contribution in [0.2, 0.25) is 0 Å². The molecule has 3 N–H and O–H groups in total. The van der Waals surface area contributed by atoms with Crippen molar-refractivity contribution < 1.29 is 4.79 Å². The number of amides is 2. The Morgan fingerprint density at radius 1 is 1.30 bits per heavy atom. The Hall–Kier alpha value is -1.76. The maximum atomic E-state index is 12.7. The Morgan fingerprint density at radius 2 is 2.05 bits per heavy atom. The number of likely N-dealkylation sites (N-methyl/N-ethyl adjacent to an activating group) is 1. The van der Waals surface area contributed by atoms with Crippen molar-refractivity contribution in [3.05, 3.63) is 11.3 Å². The van der Waals surface area contributed by atoms with E-state index in [1.165, 1.54) is 0 Å². The summed E-state index contributed by atoms with van der Waals surface area (Å²) in [6, 6.07) is 0.724. The van der Waals surface area contributed by atoms with Gasteiger partial charge in [-0.2, -0.15) is 5.10 Å². The van der Waals surface area contributed by atoms with Crippen LogP contribution in [-0.4, -0.2) is 63.1 Å². The van der Waals surface area contributed by atoms with E-state index in [0.717, 1.165) is 24.3 Å². The number of piperazine rings is 1. The lowest BCUT2D eigenvalue weighted by Gasteiger charge is -2.43. The van der Waals surface area contributed by atoms with Gasteiger partial charge in [-0.25, -0.2) is 4.79 Å². The second kappa shape index (κ2) is 4.66. The molecule has 1 saturated heterocycles. The number of anilines is 1. The molecule has 0 unspecified atom stereocenters. The molecule has 1 fully saturated rings. The molecule has 0 bridgehead atoms. The first-order chi connectivity index (χ1) is 9.47. The first kappa shape index (κ1) is 13.2. The van der Waals surface area contributed by atoms with Crippen LogP contribution in [-0.2, 0) is 13.1 Å².